The predicted octanol–water partition coefficient (Wildman–Crippen LogP) is 4.58. The van der Waals surface area contributed by atoms with E-state index in [4.69, 9.17) is 4.74 Å². The first kappa shape index (κ1) is 17.4. The number of hydrogen-bond acceptors (Lipinski definition) is 3. The van der Waals surface area contributed by atoms with Gasteiger partial charge in [-0.05, 0) is 49.6 Å². The molecule has 1 aromatic carbocycles. The molecule has 0 aliphatic rings. The molecule has 0 aromatic heterocycles. The first-order chi connectivity index (χ1) is 9.62. The zero-order chi connectivity index (χ0) is 15.0. The summed E-state index contributed by atoms with van der Waals surface area (Å²) in [5.41, 5.74) is 2.71. The molecule has 114 valence electrons. The zero-order valence-electron chi connectivity index (χ0n) is 13.5. The van der Waals surface area contributed by atoms with Crippen LogP contribution in [0.4, 0.5) is 0 Å². The van der Waals surface area contributed by atoms with Gasteiger partial charge in [0.05, 0.1) is 7.11 Å². The number of rotatable bonds is 9. The minimum Gasteiger partial charge on any atom is -0.497 e. The van der Waals surface area contributed by atoms with Crippen LogP contribution >= 0.6 is 11.8 Å². The van der Waals surface area contributed by atoms with Crippen molar-refractivity contribution in [1.82, 2.24) is 5.32 Å². The third-order valence-electron chi connectivity index (χ3n) is 3.62. The molecule has 0 radical (unpaired) electrons. The number of nitrogens with one attached hydrogen (secondary N) is 1. The van der Waals surface area contributed by atoms with Crippen LogP contribution in [0.3, 0.4) is 0 Å². The van der Waals surface area contributed by atoms with Gasteiger partial charge in [0.1, 0.15) is 5.75 Å². The predicted molar refractivity (Wildman–Crippen MR) is 91.0 cm³/mol. The molecule has 0 fully saturated rings. The lowest BCUT2D eigenvalue weighted by Gasteiger charge is -2.22. The Balaban J connectivity index is 2.80. The molecular formula is C17H29NOS. The Bertz CT molecular complexity index is 395. The van der Waals surface area contributed by atoms with Crippen LogP contribution in [0.25, 0.3) is 0 Å². The van der Waals surface area contributed by atoms with E-state index in [9.17, 15) is 0 Å². The summed E-state index contributed by atoms with van der Waals surface area (Å²) in [4.78, 5) is 0. The smallest absolute Gasteiger partial charge is 0.119 e. The van der Waals surface area contributed by atoms with Crippen molar-refractivity contribution < 1.29 is 4.74 Å². The van der Waals surface area contributed by atoms with Crippen molar-refractivity contribution in [3.05, 3.63) is 29.3 Å². The van der Waals surface area contributed by atoms with Crippen LogP contribution in [0.2, 0.25) is 0 Å². The van der Waals surface area contributed by atoms with Crippen LogP contribution in [-0.4, -0.2) is 24.7 Å². The molecule has 0 aliphatic carbocycles. The molecule has 1 rings (SSSR count). The van der Waals surface area contributed by atoms with E-state index in [1.54, 1.807) is 7.11 Å². The molecular weight excluding hydrogens is 266 g/mol. The Hall–Kier alpha value is -0.670. The normalized spacial score (nSPS) is 14.1. The van der Waals surface area contributed by atoms with Gasteiger partial charge < -0.3 is 10.1 Å². The molecule has 1 aromatic rings. The van der Waals surface area contributed by atoms with E-state index in [-0.39, 0.29) is 0 Å². The molecule has 0 saturated carbocycles. The molecule has 0 amide bonds. The second kappa shape index (κ2) is 9.30. The van der Waals surface area contributed by atoms with Gasteiger partial charge >= 0.3 is 0 Å². The average Bonchev–Trinajstić information content (AvgIpc) is 2.47. The number of hydrogen-bond donors (Lipinski definition) is 1. The van der Waals surface area contributed by atoms with Gasteiger partial charge in [0.2, 0.25) is 0 Å². The monoisotopic (exact) mass is 295 g/mol. The molecule has 0 saturated heterocycles. The summed E-state index contributed by atoms with van der Waals surface area (Å²) in [6, 6.07) is 6.83. The Labute approximate surface area is 128 Å². The number of ether oxygens (including phenoxy) is 1. The number of methoxy groups -OCH3 is 1. The number of thioether (sulfide) groups is 1. The van der Waals surface area contributed by atoms with Crippen LogP contribution in [0.5, 0.6) is 5.75 Å². The highest BCUT2D eigenvalue weighted by atomic mass is 32.2. The van der Waals surface area contributed by atoms with Crippen molar-refractivity contribution in [3.8, 4) is 5.75 Å². The molecule has 0 spiro atoms. The van der Waals surface area contributed by atoms with Crippen LogP contribution in [0, 0.1) is 6.92 Å². The van der Waals surface area contributed by atoms with E-state index in [1.807, 2.05) is 0 Å². The van der Waals surface area contributed by atoms with Gasteiger partial charge in [0.25, 0.3) is 0 Å². The first-order valence-electron chi connectivity index (χ1n) is 7.61. The fourth-order valence-electron chi connectivity index (χ4n) is 2.12. The van der Waals surface area contributed by atoms with Gasteiger partial charge in [0, 0.05) is 17.0 Å². The van der Waals surface area contributed by atoms with E-state index in [0.29, 0.717) is 6.04 Å². The summed E-state index contributed by atoms with van der Waals surface area (Å²) in [5.74, 6) is 2.07. The van der Waals surface area contributed by atoms with Crippen LogP contribution in [0.1, 0.15) is 50.8 Å². The third-order valence-corrected chi connectivity index (χ3v) is 5.04. The second-order valence-electron chi connectivity index (χ2n) is 5.28. The largest absolute Gasteiger partial charge is 0.497 e. The summed E-state index contributed by atoms with van der Waals surface area (Å²) >= 11 is 2.05. The summed E-state index contributed by atoms with van der Waals surface area (Å²) in [6.07, 6.45) is 2.40. The highest BCUT2D eigenvalue weighted by Crippen LogP contribution is 2.27. The maximum Gasteiger partial charge on any atom is 0.119 e. The standard InChI is InChI=1S/C17H29NOS/c1-6-10-18-17(12-20-14(4)7-2)16-9-8-15(19-5)11-13(16)3/h8-9,11,14,17-18H,6-7,10,12H2,1-5H3. The summed E-state index contributed by atoms with van der Waals surface area (Å²) < 4.78 is 5.30. The zero-order valence-corrected chi connectivity index (χ0v) is 14.3. The third kappa shape index (κ3) is 5.37. The average molecular weight is 295 g/mol. The quantitative estimate of drug-likeness (QED) is 0.720. The molecule has 1 N–H and O–H groups in total. The van der Waals surface area contributed by atoms with Crippen molar-refractivity contribution in [2.24, 2.45) is 0 Å². The second-order valence-corrected chi connectivity index (χ2v) is 6.75. The van der Waals surface area contributed by atoms with E-state index in [2.05, 4.69) is 63.0 Å². The van der Waals surface area contributed by atoms with Crippen LogP contribution < -0.4 is 10.1 Å². The highest BCUT2D eigenvalue weighted by molar-refractivity contribution is 7.99. The van der Waals surface area contributed by atoms with Crippen LogP contribution in [0.15, 0.2) is 18.2 Å². The van der Waals surface area contributed by atoms with Crippen LogP contribution in [-0.2, 0) is 0 Å². The van der Waals surface area contributed by atoms with Gasteiger partial charge in [-0.15, -0.1) is 0 Å². The lowest BCUT2D eigenvalue weighted by atomic mass is 10.0. The maximum atomic E-state index is 5.30. The Morgan fingerprint density at radius 3 is 2.60 bits per heavy atom. The van der Waals surface area contributed by atoms with Crippen molar-refractivity contribution in [1.29, 1.82) is 0 Å². The fourth-order valence-corrected chi connectivity index (χ4v) is 3.18. The first-order valence-corrected chi connectivity index (χ1v) is 8.66. The SMILES string of the molecule is CCCNC(CSC(C)CC)c1ccc(OC)cc1C. The molecule has 3 heteroatoms. The molecule has 0 aliphatic heterocycles. The Morgan fingerprint density at radius 1 is 1.30 bits per heavy atom. The minimum atomic E-state index is 0.430. The topological polar surface area (TPSA) is 21.3 Å². The Morgan fingerprint density at radius 2 is 2.05 bits per heavy atom. The van der Waals surface area contributed by atoms with Gasteiger partial charge in [-0.2, -0.15) is 11.8 Å². The van der Waals surface area contributed by atoms with Gasteiger partial charge in [0.15, 0.2) is 0 Å². The molecule has 20 heavy (non-hydrogen) atoms. The van der Waals surface area contributed by atoms with Crippen molar-refractivity contribution in [2.45, 2.75) is 51.8 Å². The molecule has 2 atom stereocenters. The van der Waals surface area contributed by atoms with Crippen molar-refractivity contribution >= 4 is 11.8 Å². The van der Waals surface area contributed by atoms with E-state index in [0.717, 1.165) is 23.3 Å². The molecule has 0 bridgehead atoms. The van der Waals surface area contributed by atoms with Gasteiger partial charge in [-0.3, -0.25) is 0 Å². The number of aryl methyl sites for hydroxylation is 1. The molecule has 2 unspecified atom stereocenters. The lowest BCUT2D eigenvalue weighted by molar-refractivity contribution is 0.414. The highest BCUT2D eigenvalue weighted by Gasteiger charge is 2.15. The summed E-state index contributed by atoms with van der Waals surface area (Å²) in [7, 11) is 1.72. The maximum absolute atomic E-state index is 5.30. The van der Waals surface area contributed by atoms with Gasteiger partial charge in [-0.25, -0.2) is 0 Å². The Kier molecular flexibility index (Phi) is 8.08. The lowest BCUT2D eigenvalue weighted by Crippen LogP contribution is -2.25. The minimum absolute atomic E-state index is 0.430. The van der Waals surface area contributed by atoms with E-state index >= 15 is 0 Å². The van der Waals surface area contributed by atoms with E-state index in [1.165, 1.54) is 24.0 Å². The fraction of sp³-hybridized carbons (Fsp3) is 0.647. The summed E-state index contributed by atoms with van der Waals surface area (Å²) in [6.45, 7) is 10.0. The van der Waals surface area contributed by atoms with Gasteiger partial charge in [-0.1, -0.05) is 26.8 Å². The number of benzene rings is 1. The van der Waals surface area contributed by atoms with E-state index < -0.39 is 0 Å². The molecule has 2 nitrogen and oxygen atoms in total. The summed E-state index contributed by atoms with van der Waals surface area (Å²) in [5, 5.41) is 4.40. The van der Waals surface area contributed by atoms with Crippen molar-refractivity contribution in [2.75, 3.05) is 19.4 Å². The van der Waals surface area contributed by atoms with Crippen molar-refractivity contribution in [3.63, 3.8) is 0 Å². The molecule has 0 heterocycles.